The van der Waals surface area contributed by atoms with E-state index in [0.717, 1.165) is 38.0 Å². The summed E-state index contributed by atoms with van der Waals surface area (Å²) in [6, 6.07) is 26.9. The summed E-state index contributed by atoms with van der Waals surface area (Å²) in [5, 5.41) is 14.1. The van der Waals surface area contributed by atoms with Crippen LogP contribution in [0.5, 0.6) is 0 Å². The SMILES string of the molecule is BrCc1ccc(-c2nnc(-c3c4ccccc4cc4ccccc34)o2)cc1. The molecule has 0 atom stereocenters. The number of aromatic nitrogens is 2. The lowest BCUT2D eigenvalue weighted by molar-refractivity contribution is 0.586. The minimum atomic E-state index is 0.531. The second-order valence-electron chi connectivity index (χ2n) is 6.44. The van der Waals surface area contributed by atoms with E-state index in [9.17, 15) is 0 Å². The zero-order chi connectivity index (χ0) is 18.2. The highest BCUT2D eigenvalue weighted by atomic mass is 79.9. The summed E-state index contributed by atoms with van der Waals surface area (Å²) >= 11 is 3.47. The summed E-state index contributed by atoms with van der Waals surface area (Å²) in [5.74, 6) is 1.07. The maximum absolute atomic E-state index is 6.11. The van der Waals surface area contributed by atoms with E-state index in [1.54, 1.807) is 0 Å². The number of hydrogen-bond acceptors (Lipinski definition) is 3. The maximum atomic E-state index is 6.11. The van der Waals surface area contributed by atoms with Crippen LogP contribution < -0.4 is 0 Å². The number of benzene rings is 4. The van der Waals surface area contributed by atoms with Crippen LogP contribution >= 0.6 is 15.9 Å². The number of rotatable bonds is 3. The van der Waals surface area contributed by atoms with Crippen molar-refractivity contribution in [2.24, 2.45) is 0 Å². The van der Waals surface area contributed by atoms with E-state index in [1.807, 2.05) is 36.4 Å². The molecule has 0 aliphatic heterocycles. The molecule has 0 bridgehead atoms. The van der Waals surface area contributed by atoms with Gasteiger partial charge in [-0.25, -0.2) is 0 Å². The molecular weight excluding hydrogens is 400 g/mol. The van der Waals surface area contributed by atoms with Gasteiger partial charge in [0, 0.05) is 10.9 Å². The molecule has 0 N–H and O–H groups in total. The third kappa shape index (κ3) is 2.82. The standard InChI is InChI=1S/C23H15BrN2O/c24-14-15-9-11-16(12-10-15)22-25-26-23(27-22)21-19-7-3-1-5-17(19)13-18-6-2-4-8-20(18)21/h1-13H,14H2. The van der Waals surface area contributed by atoms with Gasteiger partial charge in [0.05, 0.1) is 5.56 Å². The number of nitrogens with zero attached hydrogens (tertiary/aromatic N) is 2. The molecule has 4 heteroatoms. The molecule has 0 saturated heterocycles. The first-order chi connectivity index (χ1) is 13.3. The molecule has 0 fully saturated rings. The van der Waals surface area contributed by atoms with Crippen LogP contribution in [0.15, 0.2) is 83.3 Å². The largest absolute Gasteiger partial charge is 0.416 e. The molecule has 1 heterocycles. The Morgan fingerprint density at radius 3 is 1.93 bits per heavy atom. The Hall–Kier alpha value is -2.98. The summed E-state index contributed by atoms with van der Waals surface area (Å²) in [5.41, 5.74) is 3.11. The molecule has 0 aliphatic carbocycles. The van der Waals surface area contributed by atoms with Gasteiger partial charge in [-0.1, -0.05) is 76.6 Å². The van der Waals surface area contributed by atoms with E-state index in [2.05, 4.69) is 68.6 Å². The van der Waals surface area contributed by atoms with E-state index in [4.69, 9.17) is 4.42 Å². The predicted molar refractivity (Wildman–Crippen MR) is 113 cm³/mol. The van der Waals surface area contributed by atoms with Crippen LogP contribution in [-0.4, -0.2) is 10.2 Å². The summed E-state index contributed by atoms with van der Waals surface area (Å²) in [7, 11) is 0. The van der Waals surface area contributed by atoms with Crippen molar-refractivity contribution >= 4 is 37.5 Å². The molecule has 4 aromatic carbocycles. The van der Waals surface area contributed by atoms with Gasteiger partial charge in [0.1, 0.15) is 0 Å². The van der Waals surface area contributed by atoms with Gasteiger partial charge in [-0.15, -0.1) is 10.2 Å². The topological polar surface area (TPSA) is 38.9 Å². The van der Waals surface area contributed by atoms with E-state index < -0.39 is 0 Å². The van der Waals surface area contributed by atoms with Crippen LogP contribution in [0.25, 0.3) is 44.5 Å². The Morgan fingerprint density at radius 1 is 0.704 bits per heavy atom. The molecule has 3 nitrogen and oxygen atoms in total. The molecule has 0 amide bonds. The first-order valence-electron chi connectivity index (χ1n) is 8.73. The van der Waals surface area contributed by atoms with Gasteiger partial charge in [-0.3, -0.25) is 0 Å². The highest BCUT2D eigenvalue weighted by Crippen LogP contribution is 2.36. The summed E-state index contributed by atoms with van der Waals surface area (Å²) in [6.07, 6.45) is 0. The molecule has 5 rings (SSSR count). The average molecular weight is 415 g/mol. The van der Waals surface area contributed by atoms with E-state index in [1.165, 1.54) is 5.56 Å². The quantitative estimate of drug-likeness (QED) is 0.246. The van der Waals surface area contributed by atoms with Crippen LogP contribution in [-0.2, 0) is 5.33 Å². The molecular formula is C23H15BrN2O. The Labute approximate surface area is 164 Å². The number of hydrogen-bond donors (Lipinski definition) is 0. The predicted octanol–water partition coefficient (Wildman–Crippen LogP) is 6.60. The lowest BCUT2D eigenvalue weighted by Gasteiger charge is -2.08. The van der Waals surface area contributed by atoms with Crippen molar-refractivity contribution in [2.75, 3.05) is 0 Å². The van der Waals surface area contributed by atoms with Crippen LogP contribution in [0.4, 0.5) is 0 Å². The Morgan fingerprint density at radius 2 is 1.30 bits per heavy atom. The molecule has 0 spiro atoms. The van der Waals surface area contributed by atoms with E-state index >= 15 is 0 Å². The molecule has 0 unspecified atom stereocenters. The highest BCUT2D eigenvalue weighted by Gasteiger charge is 2.16. The van der Waals surface area contributed by atoms with Gasteiger partial charge >= 0.3 is 0 Å². The second kappa shape index (κ2) is 6.63. The van der Waals surface area contributed by atoms with Crippen LogP contribution in [0.1, 0.15) is 5.56 Å². The van der Waals surface area contributed by atoms with Gasteiger partial charge < -0.3 is 4.42 Å². The fourth-order valence-corrected chi connectivity index (χ4v) is 3.80. The average Bonchev–Trinajstić information content (AvgIpc) is 3.21. The van der Waals surface area contributed by atoms with Crippen molar-refractivity contribution < 1.29 is 4.42 Å². The molecule has 0 saturated carbocycles. The second-order valence-corrected chi connectivity index (χ2v) is 7.00. The summed E-state index contributed by atoms with van der Waals surface area (Å²) in [6.45, 7) is 0. The lowest BCUT2D eigenvalue weighted by atomic mass is 9.97. The normalized spacial score (nSPS) is 11.3. The lowest BCUT2D eigenvalue weighted by Crippen LogP contribution is -1.85. The van der Waals surface area contributed by atoms with Crippen molar-refractivity contribution in [3.63, 3.8) is 0 Å². The molecule has 0 aliphatic rings. The zero-order valence-electron chi connectivity index (χ0n) is 14.4. The van der Waals surface area contributed by atoms with Gasteiger partial charge in [0.2, 0.25) is 11.8 Å². The van der Waals surface area contributed by atoms with E-state index in [-0.39, 0.29) is 0 Å². The maximum Gasteiger partial charge on any atom is 0.249 e. The third-order valence-corrected chi connectivity index (χ3v) is 5.41. The van der Waals surface area contributed by atoms with Gasteiger partial charge in [0.25, 0.3) is 0 Å². The Bertz CT molecular complexity index is 1200. The first kappa shape index (κ1) is 16.2. The minimum Gasteiger partial charge on any atom is -0.416 e. The summed E-state index contributed by atoms with van der Waals surface area (Å²) < 4.78 is 6.11. The third-order valence-electron chi connectivity index (χ3n) is 4.77. The highest BCUT2D eigenvalue weighted by molar-refractivity contribution is 9.08. The molecule has 0 radical (unpaired) electrons. The molecule has 27 heavy (non-hydrogen) atoms. The van der Waals surface area contributed by atoms with Crippen LogP contribution in [0.3, 0.4) is 0 Å². The molecule has 130 valence electrons. The molecule has 1 aromatic heterocycles. The van der Waals surface area contributed by atoms with Crippen LogP contribution in [0, 0.1) is 0 Å². The minimum absolute atomic E-state index is 0.531. The first-order valence-corrected chi connectivity index (χ1v) is 9.85. The van der Waals surface area contributed by atoms with Crippen molar-refractivity contribution in [3.05, 3.63) is 84.4 Å². The van der Waals surface area contributed by atoms with Crippen molar-refractivity contribution in [3.8, 4) is 22.9 Å². The monoisotopic (exact) mass is 414 g/mol. The number of alkyl halides is 1. The zero-order valence-corrected chi connectivity index (χ0v) is 16.0. The number of fused-ring (bicyclic) bond motifs is 2. The van der Waals surface area contributed by atoms with Crippen molar-refractivity contribution in [1.29, 1.82) is 0 Å². The van der Waals surface area contributed by atoms with Crippen molar-refractivity contribution in [1.82, 2.24) is 10.2 Å². The van der Waals surface area contributed by atoms with Gasteiger partial charge in [-0.2, -0.15) is 0 Å². The number of halogens is 1. The Balaban J connectivity index is 1.72. The van der Waals surface area contributed by atoms with E-state index in [0.29, 0.717) is 11.8 Å². The summed E-state index contributed by atoms with van der Waals surface area (Å²) in [4.78, 5) is 0. The smallest absolute Gasteiger partial charge is 0.249 e. The molecule has 5 aromatic rings. The van der Waals surface area contributed by atoms with Crippen LogP contribution in [0.2, 0.25) is 0 Å². The van der Waals surface area contributed by atoms with Gasteiger partial charge in [-0.05, 0) is 45.3 Å². The fourth-order valence-electron chi connectivity index (χ4n) is 3.42. The Kier molecular flexibility index (Phi) is 3.98. The fraction of sp³-hybridized carbons (Fsp3) is 0.0435. The van der Waals surface area contributed by atoms with Gasteiger partial charge in [0.15, 0.2) is 0 Å². The van der Waals surface area contributed by atoms with Crippen molar-refractivity contribution in [2.45, 2.75) is 5.33 Å².